The largest absolute Gasteiger partial charge is 0.493 e. The summed E-state index contributed by atoms with van der Waals surface area (Å²) < 4.78 is 13.8. The van der Waals surface area contributed by atoms with Crippen LogP contribution in [0.1, 0.15) is 18.4 Å². The van der Waals surface area contributed by atoms with Crippen molar-refractivity contribution in [3.8, 4) is 22.2 Å². The molecule has 0 N–H and O–H groups in total. The van der Waals surface area contributed by atoms with Crippen LogP contribution in [0.25, 0.3) is 21.7 Å². The highest BCUT2D eigenvalue weighted by atomic mass is 32.1. The van der Waals surface area contributed by atoms with Crippen molar-refractivity contribution in [2.45, 2.75) is 25.8 Å². The number of imidazole rings is 1. The van der Waals surface area contributed by atoms with Gasteiger partial charge in [-0.15, -0.1) is 17.9 Å². The summed E-state index contributed by atoms with van der Waals surface area (Å²) in [5.41, 5.74) is 3.39. The third-order valence-corrected chi connectivity index (χ3v) is 5.90. The maximum atomic E-state index is 6.00. The number of hydrogen-bond donors (Lipinski definition) is 0. The summed E-state index contributed by atoms with van der Waals surface area (Å²) in [6, 6.07) is 18.6. The van der Waals surface area contributed by atoms with Crippen LogP contribution in [0.5, 0.6) is 11.5 Å². The van der Waals surface area contributed by atoms with Crippen LogP contribution in [-0.2, 0) is 13.0 Å². The van der Waals surface area contributed by atoms with Gasteiger partial charge in [0.05, 0.1) is 29.6 Å². The molecule has 0 unspecified atom stereocenters. The summed E-state index contributed by atoms with van der Waals surface area (Å²) in [6.45, 7) is 5.35. The van der Waals surface area contributed by atoms with Crippen LogP contribution in [0, 0.1) is 0 Å². The van der Waals surface area contributed by atoms with Gasteiger partial charge in [-0.2, -0.15) is 0 Å². The Morgan fingerprint density at radius 3 is 2.77 bits per heavy atom. The number of rotatable bonds is 10. The van der Waals surface area contributed by atoms with Crippen molar-refractivity contribution >= 4 is 22.4 Å². The third-order valence-electron chi connectivity index (χ3n) is 5.04. The van der Waals surface area contributed by atoms with Crippen molar-refractivity contribution in [1.82, 2.24) is 9.55 Å². The van der Waals surface area contributed by atoms with E-state index in [0.29, 0.717) is 6.61 Å². The van der Waals surface area contributed by atoms with E-state index in [1.165, 1.54) is 16.0 Å². The normalized spacial score (nSPS) is 11.0. The van der Waals surface area contributed by atoms with E-state index in [2.05, 4.69) is 52.9 Å². The van der Waals surface area contributed by atoms with Crippen LogP contribution in [-0.4, -0.2) is 23.3 Å². The van der Waals surface area contributed by atoms with Crippen LogP contribution in [0.4, 0.5) is 0 Å². The van der Waals surface area contributed by atoms with Crippen LogP contribution in [0.3, 0.4) is 0 Å². The van der Waals surface area contributed by atoms with Crippen LogP contribution < -0.4 is 9.47 Å². The molecular weight excluding hydrogens is 392 g/mol. The zero-order valence-corrected chi connectivity index (χ0v) is 18.0. The molecule has 0 bridgehead atoms. The Labute approximate surface area is 181 Å². The standard InChI is InChI=1S/C25H26N2O2S/c1-3-9-19-13-14-22(23(18-19)28-2)29-16-7-6-15-27-21-11-5-4-10-20(21)26-25(27)24-12-8-17-30-24/h3-5,8,10-14,17-18H,1,6-7,9,15-16H2,2H3. The highest BCUT2D eigenvalue weighted by Gasteiger charge is 2.13. The summed E-state index contributed by atoms with van der Waals surface area (Å²) >= 11 is 1.73. The predicted octanol–water partition coefficient (Wildman–Crippen LogP) is 6.36. The summed E-state index contributed by atoms with van der Waals surface area (Å²) in [4.78, 5) is 6.07. The molecule has 30 heavy (non-hydrogen) atoms. The molecule has 0 amide bonds. The second kappa shape index (κ2) is 9.63. The molecule has 0 saturated heterocycles. The second-order valence-electron chi connectivity index (χ2n) is 7.09. The van der Waals surface area contributed by atoms with Crippen LogP contribution >= 0.6 is 11.3 Å². The lowest BCUT2D eigenvalue weighted by atomic mass is 10.1. The van der Waals surface area contributed by atoms with Crippen molar-refractivity contribution < 1.29 is 9.47 Å². The summed E-state index contributed by atoms with van der Waals surface area (Å²) in [7, 11) is 1.68. The quantitative estimate of drug-likeness (QED) is 0.222. The Morgan fingerprint density at radius 1 is 1.07 bits per heavy atom. The molecule has 4 rings (SSSR count). The first kappa shape index (κ1) is 20.2. The third kappa shape index (κ3) is 4.41. The molecule has 0 fully saturated rings. The first-order chi connectivity index (χ1) is 14.8. The lowest BCUT2D eigenvalue weighted by molar-refractivity contribution is 0.284. The number of aromatic nitrogens is 2. The second-order valence-corrected chi connectivity index (χ2v) is 8.03. The molecule has 0 aliphatic carbocycles. The van der Waals surface area contributed by atoms with Crippen molar-refractivity contribution in [2.75, 3.05) is 13.7 Å². The lowest BCUT2D eigenvalue weighted by Crippen LogP contribution is -2.04. The number of allylic oxidation sites excluding steroid dienone is 1. The van der Waals surface area contributed by atoms with E-state index in [1.807, 2.05) is 24.3 Å². The fourth-order valence-electron chi connectivity index (χ4n) is 3.57. The van der Waals surface area contributed by atoms with Crippen LogP contribution in [0.2, 0.25) is 0 Å². The minimum Gasteiger partial charge on any atom is -0.493 e. The Bertz CT molecular complexity index is 1120. The monoisotopic (exact) mass is 418 g/mol. The topological polar surface area (TPSA) is 36.3 Å². The number of benzene rings is 2. The lowest BCUT2D eigenvalue weighted by Gasteiger charge is -2.12. The van der Waals surface area contributed by atoms with Gasteiger partial charge < -0.3 is 14.0 Å². The number of ether oxygens (including phenoxy) is 2. The first-order valence-corrected chi connectivity index (χ1v) is 11.1. The Morgan fingerprint density at radius 2 is 1.97 bits per heavy atom. The molecule has 0 aliphatic heterocycles. The molecule has 4 nitrogen and oxygen atoms in total. The zero-order chi connectivity index (χ0) is 20.8. The zero-order valence-electron chi connectivity index (χ0n) is 17.2. The van der Waals surface area contributed by atoms with Crippen molar-refractivity contribution in [1.29, 1.82) is 0 Å². The number of unbranched alkanes of at least 4 members (excludes halogenated alkanes) is 1. The van der Waals surface area contributed by atoms with Crippen LogP contribution in [0.15, 0.2) is 72.6 Å². The fourth-order valence-corrected chi connectivity index (χ4v) is 4.30. The average molecular weight is 419 g/mol. The van der Waals surface area contributed by atoms with Gasteiger partial charge in [-0.25, -0.2) is 4.98 Å². The first-order valence-electron chi connectivity index (χ1n) is 10.2. The smallest absolute Gasteiger partial charge is 0.161 e. The van der Waals surface area contributed by atoms with Crippen molar-refractivity contribution in [3.05, 3.63) is 78.2 Å². The molecule has 154 valence electrons. The van der Waals surface area contributed by atoms with E-state index in [4.69, 9.17) is 14.5 Å². The molecule has 0 atom stereocenters. The SMILES string of the molecule is C=CCc1ccc(OCCCCn2c(-c3cccs3)nc3ccccc32)c(OC)c1. The number of hydrogen-bond acceptors (Lipinski definition) is 4. The molecule has 2 heterocycles. The Kier molecular flexibility index (Phi) is 6.50. The molecular formula is C25H26N2O2S. The molecule has 0 saturated carbocycles. The number of fused-ring (bicyclic) bond motifs is 1. The molecule has 0 aliphatic rings. The maximum Gasteiger partial charge on any atom is 0.161 e. The highest BCUT2D eigenvalue weighted by Crippen LogP contribution is 2.30. The van der Waals surface area contributed by atoms with E-state index >= 15 is 0 Å². The minimum atomic E-state index is 0.651. The number of thiophene rings is 1. The van der Waals surface area contributed by atoms with Gasteiger partial charge in [-0.3, -0.25) is 0 Å². The van der Waals surface area contributed by atoms with Gasteiger partial charge >= 0.3 is 0 Å². The molecule has 4 aromatic rings. The van der Waals surface area contributed by atoms with Gasteiger partial charge in [-0.1, -0.05) is 30.3 Å². The van der Waals surface area contributed by atoms with Gasteiger partial charge in [0, 0.05) is 6.54 Å². The summed E-state index contributed by atoms with van der Waals surface area (Å²) in [5.74, 6) is 2.61. The van der Waals surface area contributed by atoms with E-state index < -0.39 is 0 Å². The Hall–Kier alpha value is -3.05. The van der Waals surface area contributed by atoms with E-state index in [0.717, 1.165) is 48.6 Å². The van der Waals surface area contributed by atoms with E-state index in [9.17, 15) is 0 Å². The Balaban J connectivity index is 1.39. The van der Waals surface area contributed by atoms with Gasteiger partial charge in [-0.05, 0) is 60.5 Å². The number of aryl methyl sites for hydroxylation is 1. The van der Waals surface area contributed by atoms with Gasteiger partial charge in [0.25, 0.3) is 0 Å². The molecule has 2 aromatic heterocycles. The van der Waals surface area contributed by atoms with Gasteiger partial charge in [0.15, 0.2) is 17.3 Å². The number of nitrogens with zero attached hydrogens (tertiary/aromatic N) is 2. The maximum absolute atomic E-state index is 6.00. The van der Waals surface area contributed by atoms with Crippen molar-refractivity contribution in [2.24, 2.45) is 0 Å². The van der Waals surface area contributed by atoms with Gasteiger partial charge in [0.2, 0.25) is 0 Å². The van der Waals surface area contributed by atoms with Gasteiger partial charge in [0.1, 0.15) is 0 Å². The molecule has 0 spiro atoms. The van der Waals surface area contributed by atoms with E-state index in [1.54, 1.807) is 18.4 Å². The average Bonchev–Trinajstić information content (AvgIpc) is 3.42. The molecule has 2 aromatic carbocycles. The van der Waals surface area contributed by atoms with E-state index in [-0.39, 0.29) is 0 Å². The minimum absolute atomic E-state index is 0.651. The number of methoxy groups -OCH3 is 1. The fraction of sp³-hybridized carbons (Fsp3) is 0.240. The summed E-state index contributed by atoms with van der Waals surface area (Å²) in [5, 5.41) is 2.10. The highest BCUT2D eigenvalue weighted by molar-refractivity contribution is 7.13. The molecule has 0 radical (unpaired) electrons. The predicted molar refractivity (Wildman–Crippen MR) is 125 cm³/mol. The van der Waals surface area contributed by atoms with Crippen molar-refractivity contribution in [3.63, 3.8) is 0 Å². The summed E-state index contributed by atoms with van der Waals surface area (Å²) in [6.07, 6.45) is 4.67. The number of para-hydroxylation sites is 2. The molecule has 5 heteroatoms.